The van der Waals surface area contributed by atoms with Crippen molar-refractivity contribution in [3.8, 4) is 5.75 Å². The molecule has 2 rings (SSSR count). The lowest BCUT2D eigenvalue weighted by Crippen LogP contribution is -2.34. The molecule has 0 radical (unpaired) electrons. The molecule has 0 aromatic heterocycles. The van der Waals surface area contributed by atoms with Crippen molar-refractivity contribution in [3.63, 3.8) is 0 Å². The molecule has 27 heavy (non-hydrogen) atoms. The number of hydrogen-bond donors (Lipinski definition) is 0. The van der Waals surface area contributed by atoms with E-state index >= 15 is 0 Å². The fourth-order valence-electron chi connectivity index (χ4n) is 2.18. The Morgan fingerprint density at radius 1 is 1.07 bits per heavy atom. The lowest BCUT2D eigenvalue weighted by atomic mass is 10.2. The third-order valence-corrected chi connectivity index (χ3v) is 4.23. The summed E-state index contributed by atoms with van der Waals surface area (Å²) < 4.78 is 15.0. The number of thioether (sulfide) groups is 1. The standard InChI is InChI=1S/C18H19NO7S/c1-3-24-15(20)10-19-17(22)14(27-18(19)23)9-12-7-5-6-8-13(12)26-11-16(21)25-4-2/h5-9H,3-4,10-11H2,1-2H3. The molecule has 1 aliphatic heterocycles. The molecule has 0 N–H and O–H groups in total. The number of ether oxygens (including phenoxy) is 3. The lowest BCUT2D eigenvalue weighted by molar-refractivity contribution is -0.146. The Balaban J connectivity index is 2.14. The van der Waals surface area contributed by atoms with Gasteiger partial charge >= 0.3 is 11.9 Å². The molecule has 1 aliphatic rings. The summed E-state index contributed by atoms with van der Waals surface area (Å²) in [5.41, 5.74) is 0.517. The van der Waals surface area contributed by atoms with Crippen LogP contribution in [0.5, 0.6) is 5.75 Å². The Hall–Kier alpha value is -2.81. The van der Waals surface area contributed by atoms with Gasteiger partial charge in [0.25, 0.3) is 11.1 Å². The van der Waals surface area contributed by atoms with Crippen molar-refractivity contribution in [1.29, 1.82) is 0 Å². The summed E-state index contributed by atoms with van der Waals surface area (Å²) in [5, 5.41) is -0.552. The van der Waals surface area contributed by atoms with Crippen LogP contribution < -0.4 is 4.74 Å². The Kier molecular flexibility index (Phi) is 7.42. The molecule has 0 aliphatic carbocycles. The van der Waals surface area contributed by atoms with Crippen molar-refractivity contribution in [1.82, 2.24) is 4.90 Å². The predicted octanol–water partition coefficient (Wildman–Crippen LogP) is 2.23. The fraction of sp³-hybridized carbons (Fsp3) is 0.333. The minimum Gasteiger partial charge on any atom is -0.481 e. The van der Waals surface area contributed by atoms with E-state index < -0.39 is 29.6 Å². The maximum atomic E-state index is 12.4. The molecule has 1 saturated heterocycles. The second-order valence-corrected chi connectivity index (χ2v) is 6.20. The summed E-state index contributed by atoms with van der Waals surface area (Å²) in [7, 11) is 0. The van der Waals surface area contributed by atoms with E-state index in [1.165, 1.54) is 6.08 Å². The highest BCUT2D eigenvalue weighted by molar-refractivity contribution is 8.18. The number of hydrogen-bond acceptors (Lipinski definition) is 8. The number of amides is 2. The molecule has 0 saturated carbocycles. The first-order valence-corrected chi connectivity index (χ1v) is 9.06. The van der Waals surface area contributed by atoms with Gasteiger partial charge in [0.15, 0.2) is 6.61 Å². The van der Waals surface area contributed by atoms with Crippen LogP contribution in [0.2, 0.25) is 0 Å². The van der Waals surface area contributed by atoms with E-state index in [1.54, 1.807) is 38.1 Å². The Morgan fingerprint density at radius 3 is 2.44 bits per heavy atom. The smallest absolute Gasteiger partial charge is 0.344 e. The summed E-state index contributed by atoms with van der Waals surface area (Å²) in [6.45, 7) is 3.03. The van der Waals surface area contributed by atoms with Crippen LogP contribution in [0.3, 0.4) is 0 Å². The largest absolute Gasteiger partial charge is 0.481 e. The zero-order valence-electron chi connectivity index (χ0n) is 14.9. The third kappa shape index (κ3) is 5.58. The molecule has 0 spiro atoms. The summed E-state index contributed by atoms with van der Waals surface area (Å²) >= 11 is 0.722. The zero-order valence-corrected chi connectivity index (χ0v) is 15.7. The van der Waals surface area contributed by atoms with Gasteiger partial charge in [-0.05, 0) is 37.8 Å². The Labute approximate surface area is 160 Å². The molecule has 1 heterocycles. The monoisotopic (exact) mass is 393 g/mol. The van der Waals surface area contributed by atoms with Crippen LogP contribution in [0, 0.1) is 0 Å². The van der Waals surface area contributed by atoms with Crippen LogP contribution in [-0.4, -0.2) is 54.4 Å². The van der Waals surface area contributed by atoms with Crippen molar-refractivity contribution in [2.45, 2.75) is 13.8 Å². The number of rotatable bonds is 8. The molecule has 8 nitrogen and oxygen atoms in total. The van der Waals surface area contributed by atoms with E-state index in [-0.39, 0.29) is 24.7 Å². The van der Waals surface area contributed by atoms with E-state index in [9.17, 15) is 19.2 Å². The zero-order chi connectivity index (χ0) is 19.8. The van der Waals surface area contributed by atoms with Gasteiger partial charge in [-0.3, -0.25) is 19.3 Å². The maximum absolute atomic E-state index is 12.4. The first kappa shape index (κ1) is 20.5. The summed E-state index contributed by atoms with van der Waals surface area (Å²) in [4.78, 5) is 48.4. The van der Waals surface area contributed by atoms with Crippen molar-refractivity contribution in [2.75, 3.05) is 26.4 Å². The van der Waals surface area contributed by atoms with Gasteiger partial charge in [-0.1, -0.05) is 18.2 Å². The quantitative estimate of drug-likeness (QED) is 0.490. The van der Waals surface area contributed by atoms with Gasteiger partial charge in [0.05, 0.1) is 18.1 Å². The molecule has 144 valence electrons. The Bertz CT molecular complexity index is 775. The fourth-order valence-corrected chi connectivity index (χ4v) is 3.01. The van der Waals surface area contributed by atoms with Gasteiger partial charge in [-0.15, -0.1) is 0 Å². The van der Waals surface area contributed by atoms with E-state index in [2.05, 4.69) is 0 Å². The summed E-state index contributed by atoms with van der Waals surface area (Å²) in [6.07, 6.45) is 1.48. The molecule has 1 aromatic rings. The number of carbonyl (C=O) groups excluding carboxylic acids is 4. The first-order chi connectivity index (χ1) is 13.0. The van der Waals surface area contributed by atoms with Gasteiger partial charge in [-0.25, -0.2) is 4.79 Å². The van der Waals surface area contributed by atoms with Crippen molar-refractivity contribution < 1.29 is 33.4 Å². The molecule has 0 unspecified atom stereocenters. The number of benzene rings is 1. The van der Waals surface area contributed by atoms with Crippen molar-refractivity contribution in [2.24, 2.45) is 0 Å². The van der Waals surface area contributed by atoms with Gasteiger partial charge < -0.3 is 14.2 Å². The second kappa shape index (κ2) is 9.77. The normalized spacial score (nSPS) is 15.2. The molecule has 0 atom stereocenters. The highest BCUT2D eigenvalue weighted by atomic mass is 32.2. The van der Waals surface area contributed by atoms with E-state index in [1.807, 2.05) is 0 Å². The van der Waals surface area contributed by atoms with E-state index in [4.69, 9.17) is 14.2 Å². The van der Waals surface area contributed by atoms with E-state index in [0.717, 1.165) is 16.7 Å². The van der Waals surface area contributed by atoms with Crippen LogP contribution in [-0.2, 0) is 23.9 Å². The lowest BCUT2D eigenvalue weighted by Gasteiger charge is -2.11. The van der Waals surface area contributed by atoms with Gasteiger partial charge in [0.2, 0.25) is 0 Å². The minimum absolute atomic E-state index is 0.150. The topological polar surface area (TPSA) is 99.2 Å². The average molecular weight is 393 g/mol. The number of esters is 2. The molecule has 1 aromatic carbocycles. The molecule has 9 heteroatoms. The summed E-state index contributed by atoms with van der Waals surface area (Å²) in [5.74, 6) is -1.39. The minimum atomic E-state index is -0.653. The van der Waals surface area contributed by atoms with Crippen LogP contribution >= 0.6 is 11.8 Å². The highest BCUT2D eigenvalue weighted by Crippen LogP contribution is 2.33. The average Bonchev–Trinajstić information content (AvgIpc) is 2.89. The van der Waals surface area contributed by atoms with E-state index in [0.29, 0.717) is 11.3 Å². The molecule has 0 bridgehead atoms. The molecule has 1 fully saturated rings. The first-order valence-electron chi connectivity index (χ1n) is 8.24. The molecule has 2 amide bonds. The number of para-hydroxylation sites is 1. The van der Waals surface area contributed by atoms with Crippen LogP contribution in [0.25, 0.3) is 6.08 Å². The molecular weight excluding hydrogens is 374 g/mol. The van der Waals surface area contributed by atoms with Crippen LogP contribution in [0.1, 0.15) is 19.4 Å². The molecular formula is C18H19NO7S. The second-order valence-electron chi connectivity index (χ2n) is 5.20. The van der Waals surface area contributed by atoms with Gasteiger partial charge in [0, 0.05) is 5.56 Å². The van der Waals surface area contributed by atoms with Crippen LogP contribution in [0.4, 0.5) is 4.79 Å². The maximum Gasteiger partial charge on any atom is 0.344 e. The highest BCUT2D eigenvalue weighted by Gasteiger charge is 2.36. The number of carbonyl (C=O) groups is 4. The number of imide groups is 1. The predicted molar refractivity (Wildman–Crippen MR) is 97.9 cm³/mol. The SMILES string of the molecule is CCOC(=O)COc1ccccc1C=C1SC(=O)N(CC(=O)OCC)C1=O. The van der Waals surface area contributed by atoms with Crippen molar-refractivity contribution >= 4 is 40.9 Å². The van der Waals surface area contributed by atoms with Gasteiger partial charge in [0.1, 0.15) is 12.3 Å². The van der Waals surface area contributed by atoms with Crippen LogP contribution in [0.15, 0.2) is 29.2 Å². The summed E-state index contributed by atoms with van der Waals surface area (Å²) in [6, 6.07) is 6.75. The third-order valence-electron chi connectivity index (χ3n) is 3.32. The Morgan fingerprint density at radius 2 is 1.74 bits per heavy atom. The van der Waals surface area contributed by atoms with Crippen molar-refractivity contribution in [3.05, 3.63) is 34.7 Å². The number of nitrogens with zero attached hydrogens (tertiary/aromatic N) is 1. The van der Waals surface area contributed by atoms with Gasteiger partial charge in [-0.2, -0.15) is 0 Å².